The number of halogens is 1. The van der Waals surface area contributed by atoms with Crippen molar-refractivity contribution in [2.24, 2.45) is 0 Å². The average molecular weight is 314 g/mol. The number of nitrogen functional groups attached to an aromatic ring is 1. The Balaban J connectivity index is 2.84. The van der Waals surface area contributed by atoms with Gasteiger partial charge >= 0.3 is 0 Å². The molecule has 116 valence electrons. The second-order valence-corrected chi connectivity index (χ2v) is 5.42. The van der Waals surface area contributed by atoms with E-state index >= 15 is 0 Å². The molecule has 1 aromatic rings. The van der Waals surface area contributed by atoms with Crippen molar-refractivity contribution in [1.29, 1.82) is 0 Å². The van der Waals surface area contributed by atoms with Crippen LogP contribution in [0, 0.1) is 10.1 Å². The van der Waals surface area contributed by atoms with E-state index in [0.717, 1.165) is 37.8 Å². The number of benzene rings is 1. The molecule has 0 aliphatic rings. The van der Waals surface area contributed by atoms with E-state index in [9.17, 15) is 14.9 Å². The average Bonchev–Trinajstić information content (AvgIpc) is 2.41. The Morgan fingerprint density at radius 3 is 2.71 bits per heavy atom. The first-order valence-electron chi connectivity index (χ1n) is 6.91. The third-order valence-electron chi connectivity index (χ3n) is 3.19. The highest BCUT2D eigenvalue weighted by molar-refractivity contribution is 6.34. The Kier molecular flexibility index (Phi) is 6.42. The zero-order valence-corrected chi connectivity index (χ0v) is 12.9. The minimum absolute atomic E-state index is 0.00739. The van der Waals surface area contributed by atoms with Crippen molar-refractivity contribution < 1.29 is 9.72 Å². The maximum Gasteiger partial charge on any atom is 0.271 e. The molecular formula is C14H20ClN3O3. The van der Waals surface area contributed by atoms with Crippen molar-refractivity contribution in [3.05, 3.63) is 32.8 Å². The van der Waals surface area contributed by atoms with Gasteiger partial charge in [0, 0.05) is 18.2 Å². The number of hydrogen-bond acceptors (Lipinski definition) is 4. The fourth-order valence-corrected chi connectivity index (χ4v) is 2.18. The van der Waals surface area contributed by atoms with E-state index in [-0.39, 0.29) is 28.0 Å². The molecule has 0 aliphatic heterocycles. The third-order valence-corrected chi connectivity index (χ3v) is 3.50. The van der Waals surface area contributed by atoms with Gasteiger partial charge in [-0.25, -0.2) is 0 Å². The summed E-state index contributed by atoms with van der Waals surface area (Å²) in [5.41, 5.74) is 5.58. The fraction of sp³-hybridized carbons (Fsp3) is 0.500. The van der Waals surface area contributed by atoms with E-state index in [1.54, 1.807) is 0 Å². The van der Waals surface area contributed by atoms with E-state index in [1.807, 2.05) is 6.92 Å². The van der Waals surface area contributed by atoms with E-state index in [4.69, 9.17) is 17.3 Å². The summed E-state index contributed by atoms with van der Waals surface area (Å²) < 4.78 is 0. The number of hydrogen-bond donors (Lipinski definition) is 2. The molecule has 1 aromatic carbocycles. The lowest BCUT2D eigenvalue weighted by Gasteiger charge is -2.15. The Hall–Kier alpha value is -1.82. The molecule has 1 atom stereocenters. The summed E-state index contributed by atoms with van der Waals surface area (Å²) in [6.07, 6.45) is 4.07. The van der Waals surface area contributed by atoms with Gasteiger partial charge in [-0.1, -0.05) is 37.8 Å². The molecule has 3 N–H and O–H groups in total. The Labute approximate surface area is 128 Å². The number of nitro benzene ring substituents is 1. The highest BCUT2D eigenvalue weighted by Crippen LogP contribution is 2.28. The first kappa shape index (κ1) is 17.2. The van der Waals surface area contributed by atoms with Crippen LogP contribution >= 0.6 is 11.6 Å². The predicted octanol–water partition coefficient (Wildman–Crippen LogP) is 3.53. The van der Waals surface area contributed by atoms with Crippen molar-refractivity contribution in [2.45, 2.75) is 45.6 Å². The number of nitrogens with zero attached hydrogens (tertiary/aromatic N) is 1. The molecule has 0 aliphatic carbocycles. The van der Waals surface area contributed by atoms with Crippen molar-refractivity contribution in [1.82, 2.24) is 5.32 Å². The van der Waals surface area contributed by atoms with Gasteiger partial charge in [0.15, 0.2) is 0 Å². The van der Waals surface area contributed by atoms with Crippen LogP contribution in [0.1, 0.15) is 49.9 Å². The van der Waals surface area contributed by atoms with Gasteiger partial charge in [-0.2, -0.15) is 0 Å². The minimum Gasteiger partial charge on any atom is -0.397 e. The molecule has 0 fully saturated rings. The van der Waals surface area contributed by atoms with Crippen LogP contribution in [-0.2, 0) is 0 Å². The van der Waals surface area contributed by atoms with Crippen LogP contribution in [0.5, 0.6) is 0 Å². The highest BCUT2D eigenvalue weighted by Gasteiger charge is 2.19. The van der Waals surface area contributed by atoms with Gasteiger partial charge in [0.05, 0.1) is 21.2 Å². The molecule has 1 amide bonds. The molecule has 1 rings (SSSR count). The highest BCUT2D eigenvalue weighted by atomic mass is 35.5. The van der Waals surface area contributed by atoms with Gasteiger partial charge in [0.2, 0.25) is 0 Å². The molecule has 0 radical (unpaired) electrons. The minimum atomic E-state index is -0.604. The Morgan fingerprint density at radius 2 is 2.14 bits per heavy atom. The Morgan fingerprint density at radius 1 is 1.48 bits per heavy atom. The zero-order valence-electron chi connectivity index (χ0n) is 12.2. The summed E-state index contributed by atoms with van der Waals surface area (Å²) >= 11 is 5.84. The van der Waals surface area contributed by atoms with E-state index in [0.29, 0.717) is 0 Å². The largest absolute Gasteiger partial charge is 0.397 e. The van der Waals surface area contributed by atoms with Crippen LogP contribution in [0.4, 0.5) is 11.4 Å². The van der Waals surface area contributed by atoms with Crippen LogP contribution < -0.4 is 11.1 Å². The molecule has 0 bridgehead atoms. The van der Waals surface area contributed by atoms with Crippen LogP contribution in [-0.4, -0.2) is 16.9 Å². The first-order valence-corrected chi connectivity index (χ1v) is 7.28. The number of nitrogens with one attached hydrogen (secondary N) is 1. The van der Waals surface area contributed by atoms with Crippen LogP contribution in [0.15, 0.2) is 12.1 Å². The lowest BCUT2D eigenvalue weighted by Crippen LogP contribution is -2.33. The molecule has 21 heavy (non-hydrogen) atoms. The Bertz CT molecular complexity index is 534. The number of nitrogens with two attached hydrogens (primary N) is 1. The monoisotopic (exact) mass is 313 g/mol. The van der Waals surface area contributed by atoms with Crippen molar-refractivity contribution in [3.8, 4) is 0 Å². The van der Waals surface area contributed by atoms with Crippen molar-refractivity contribution in [2.75, 3.05) is 5.73 Å². The van der Waals surface area contributed by atoms with Crippen LogP contribution in [0.2, 0.25) is 5.02 Å². The summed E-state index contributed by atoms with van der Waals surface area (Å²) in [6.45, 7) is 4.00. The van der Waals surface area contributed by atoms with Crippen molar-refractivity contribution >= 4 is 28.9 Å². The molecule has 0 spiro atoms. The number of anilines is 1. The lowest BCUT2D eigenvalue weighted by atomic mass is 10.1. The van der Waals surface area contributed by atoms with E-state index in [2.05, 4.69) is 12.2 Å². The third kappa shape index (κ3) is 4.90. The number of unbranched alkanes of at least 4 members (excludes halogenated alkanes) is 2. The lowest BCUT2D eigenvalue weighted by molar-refractivity contribution is -0.384. The summed E-state index contributed by atoms with van der Waals surface area (Å²) in [7, 11) is 0. The number of nitro groups is 1. The number of non-ortho nitro benzene ring substituents is 1. The predicted molar refractivity (Wildman–Crippen MR) is 83.6 cm³/mol. The fourth-order valence-electron chi connectivity index (χ4n) is 1.97. The van der Waals surface area contributed by atoms with Gasteiger partial charge in [0.25, 0.3) is 11.6 Å². The molecule has 6 nitrogen and oxygen atoms in total. The molecule has 7 heteroatoms. The van der Waals surface area contributed by atoms with Crippen LogP contribution in [0.3, 0.4) is 0 Å². The summed E-state index contributed by atoms with van der Waals surface area (Å²) in [5.74, 6) is -0.443. The van der Waals surface area contributed by atoms with Gasteiger partial charge in [-0.05, 0) is 13.3 Å². The molecule has 0 saturated heterocycles. The molecule has 0 aromatic heterocycles. The molecular weight excluding hydrogens is 294 g/mol. The SMILES string of the molecule is CCCCCC(C)NC(=O)c1cc([N+](=O)[O-])cc(Cl)c1N. The first-order chi connectivity index (χ1) is 9.86. The maximum absolute atomic E-state index is 12.2. The van der Waals surface area contributed by atoms with Gasteiger partial charge in [0.1, 0.15) is 0 Å². The van der Waals surface area contributed by atoms with Crippen LogP contribution in [0.25, 0.3) is 0 Å². The number of rotatable bonds is 7. The maximum atomic E-state index is 12.2. The molecule has 1 unspecified atom stereocenters. The summed E-state index contributed by atoms with van der Waals surface area (Å²) in [6, 6.07) is 2.26. The van der Waals surface area contributed by atoms with E-state index < -0.39 is 10.8 Å². The normalized spacial score (nSPS) is 12.0. The quantitative estimate of drug-likeness (QED) is 0.348. The smallest absolute Gasteiger partial charge is 0.271 e. The summed E-state index contributed by atoms with van der Waals surface area (Å²) in [5, 5.41) is 13.6. The summed E-state index contributed by atoms with van der Waals surface area (Å²) in [4.78, 5) is 22.4. The molecule has 0 saturated carbocycles. The number of carbonyl (C=O) groups is 1. The van der Waals surface area contributed by atoms with E-state index in [1.165, 1.54) is 0 Å². The molecule has 0 heterocycles. The topological polar surface area (TPSA) is 98.3 Å². The van der Waals surface area contributed by atoms with Gasteiger partial charge in [-0.3, -0.25) is 14.9 Å². The second kappa shape index (κ2) is 7.83. The van der Waals surface area contributed by atoms with Gasteiger partial charge in [-0.15, -0.1) is 0 Å². The number of amides is 1. The second-order valence-electron chi connectivity index (χ2n) is 5.02. The zero-order chi connectivity index (χ0) is 16.0. The standard InChI is InChI=1S/C14H20ClN3O3/c1-3-4-5-6-9(2)17-14(19)11-7-10(18(20)21)8-12(15)13(11)16/h7-9H,3-6,16H2,1-2H3,(H,17,19). The number of carbonyl (C=O) groups excluding carboxylic acids is 1. The van der Waals surface area contributed by atoms with Crippen molar-refractivity contribution in [3.63, 3.8) is 0 Å². The van der Waals surface area contributed by atoms with Gasteiger partial charge < -0.3 is 11.1 Å².